The van der Waals surface area contributed by atoms with Crippen LogP contribution in [0.5, 0.6) is 0 Å². The summed E-state index contributed by atoms with van der Waals surface area (Å²) in [5.41, 5.74) is 5.55. The molecule has 0 fully saturated rings. The summed E-state index contributed by atoms with van der Waals surface area (Å²) in [6, 6.07) is 11.3. The summed E-state index contributed by atoms with van der Waals surface area (Å²) in [5.74, 6) is 1.06. The van der Waals surface area contributed by atoms with Gasteiger partial charge in [0.15, 0.2) is 0 Å². The number of anilines is 1. The number of non-ortho nitro benzene ring substituents is 1. The van der Waals surface area contributed by atoms with Crippen molar-refractivity contribution in [3.8, 4) is 0 Å². The molecule has 0 bridgehead atoms. The molecule has 168 valence electrons. The Labute approximate surface area is 192 Å². The van der Waals surface area contributed by atoms with E-state index in [9.17, 15) is 14.9 Å². The number of benzene rings is 2. The number of fused-ring (bicyclic) bond motifs is 4. The van der Waals surface area contributed by atoms with E-state index in [1.165, 1.54) is 16.8 Å². The normalized spacial score (nSPS) is 28.3. The van der Waals surface area contributed by atoms with Gasteiger partial charge in [0.1, 0.15) is 0 Å². The number of rotatable bonds is 4. The molecule has 6 nitrogen and oxygen atoms in total. The number of ether oxygens (including phenoxy) is 1. The average molecular weight is 443 g/mol. The van der Waals surface area contributed by atoms with E-state index >= 15 is 0 Å². The van der Waals surface area contributed by atoms with Crippen molar-refractivity contribution in [3.63, 3.8) is 0 Å². The van der Waals surface area contributed by atoms with Crippen LogP contribution in [-0.4, -0.2) is 24.0 Å². The summed E-state index contributed by atoms with van der Waals surface area (Å²) in [6.45, 7) is 3.14. The van der Waals surface area contributed by atoms with Crippen molar-refractivity contribution < 1.29 is 14.5 Å². The van der Waals surface area contributed by atoms with E-state index in [0.717, 1.165) is 24.9 Å². The minimum atomic E-state index is -0.343. The van der Waals surface area contributed by atoms with Crippen LogP contribution in [0.3, 0.4) is 0 Å². The first-order chi connectivity index (χ1) is 16.1. The zero-order valence-electron chi connectivity index (χ0n) is 18.5. The topological polar surface area (TPSA) is 72.7 Å². The number of nitro groups is 1. The predicted molar refractivity (Wildman–Crippen MR) is 126 cm³/mol. The molecule has 2 aromatic rings. The smallest absolute Gasteiger partial charge is 0.338 e. The molecule has 33 heavy (non-hydrogen) atoms. The van der Waals surface area contributed by atoms with Crippen molar-refractivity contribution in [2.75, 3.05) is 18.1 Å². The van der Waals surface area contributed by atoms with Gasteiger partial charge in [-0.3, -0.25) is 10.1 Å². The van der Waals surface area contributed by atoms with Crippen molar-refractivity contribution in [2.45, 2.75) is 37.6 Å². The van der Waals surface area contributed by atoms with Gasteiger partial charge in [-0.2, -0.15) is 0 Å². The first kappa shape index (κ1) is 20.2. The molecular weight excluding hydrogens is 416 g/mol. The summed E-state index contributed by atoms with van der Waals surface area (Å²) in [5, 5.41) is 11.2. The van der Waals surface area contributed by atoms with Crippen molar-refractivity contribution in [1.82, 2.24) is 0 Å². The van der Waals surface area contributed by atoms with Crippen LogP contribution in [0.25, 0.3) is 0 Å². The van der Waals surface area contributed by atoms with Gasteiger partial charge in [-0.1, -0.05) is 36.4 Å². The Kier molecular flexibility index (Phi) is 4.64. The summed E-state index contributed by atoms with van der Waals surface area (Å²) >= 11 is 0. The number of hydrogen-bond donors (Lipinski definition) is 0. The van der Waals surface area contributed by atoms with E-state index in [1.54, 1.807) is 12.1 Å². The highest BCUT2D eigenvalue weighted by molar-refractivity contribution is 5.92. The Morgan fingerprint density at radius 1 is 1.09 bits per heavy atom. The third-order valence-corrected chi connectivity index (χ3v) is 7.81. The van der Waals surface area contributed by atoms with Gasteiger partial charge in [-0.25, -0.2) is 4.79 Å². The predicted octanol–water partition coefficient (Wildman–Crippen LogP) is 5.67. The summed E-state index contributed by atoms with van der Waals surface area (Å²) in [7, 11) is 0. The van der Waals surface area contributed by atoms with Crippen molar-refractivity contribution in [1.29, 1.82) is 0 Å². The Bertz CT molecular complexity index is 1180. The van der Waals surface area contributed by atoms with Crippen LogP contribution in [0.1, 0.15) is 64.7 Å². The van der Waals surface area contributed by atoms with E-state index in [1.807, 2.05) is 31.2 Å². The molecule has 0 radical (unpaired) electrons. The second-order valence-electron chi connectivity index (χ2n) is 9.47. The van der Waals surface area contributed by atoms with E-state index in [-0.39, 0.29) is 28.5 Å². The van der Waals surface area contributed by atoms with Gasteiger partial charge in [-0.05, 0) is 60.4 Å². The molecule has 4 aliphatic rings. The molecule has 0 saturated heterocycles. The van der Waals surface area contributed by atoms with Crippen LogP contribution >= 0.6 is 0 Å². The molecule has 0 aromatic heterocycles. The molecule has 2 heterocycles. The first-order valence-electron chi connectivity index (χ1n) is 11.8. The molecule has 6 rings (SSSR count). The quantitative estimate of drug-likeness (QED) is 0.264. The SMILES string of the molecule is CCOC(=O)c1cc2c3c(c1)[C@@H]1C=CC[C@@H]1[C@H](c1ccc([N+](=O)[O-])cc1)N3C[C@@H]1CC=C[C@@H]21. The van der Waals surface area contributed by atoms with Crippen molar-refractivity contribution in [2.24, 2.45) is 11.8 Å². The standard InChI is InChI=1S/C27H26N2O4/c1-2-33-27(30)18-13-23-20-6-3-5-17(20)15-28-25(16-9-11-19(12-10-16)29(31)32)22-8-4-7-21(22)24(14-18)26(23)28/h3-4,6-7,9-14,17,20-22,25H,2,5,8,15H2,1H3/t17-,20+,21+,22-,25-/m0/s1. The minimum absolute atomic E-state index is 0.120. The minimum Gasteiger partial charge on any atom is -0.462 e. The maximum Gasteiger partial charge on any atom is 0.338 e. The van der Waals surface area contributed by atoms with Crippen LogP contribution in [0.4, 0.5) is 11.4 Å². The number of allylic oxidation sites excluding steroid dienone is 4. The lowest BCUT2D eigenvalue weighted by molar-refractivity contribution is -0.384. The third kappa shape index (κ3) is 3.04. The van der Waals surface area contributed by atoms with Crippen LogP contribution < -0.4 is 4.90 Å². The van der Waals surface area contributed by atoms with E-state index in [4.69, 9.17) is 4.74 Å². The molecule has 0 amide bonds. The maximum absolute atomic E-state index is 12.7. The fourth-order valence-corrected chi connectivity index (χ4v) is 6.48. The van der Waals surface area contributed by atoms with Gasteiger partial charge >= 0.3 is 5.97 Å². The molecule has 0 unspecified atom stereocenters. The first-order valence-corrected chi connectivity index (χ1v) is 11.8. The molecule has 0 N–H and O–H groups in total. The van der Waals surface area contributed by atoms with Crippen LogP contribution in [-0.2, 0) is 4.74 Å². The number of carbonyl (C=O) groups is 1. The van der Waals surface area contributed by atoms with Gasteiger partial charge in [0, 0.05) is 36.2 Å². The molecule has 6 heteroatoms. The number of nitro benzene ring substituents is 1. The second kappa shape index (κ2) is 7.58. The van der Waals surface area contributed by atoms with Gasteiger partial charge in [-0.15, -0.1) is 0 Å². The van der Waals surface area contributed by atoms with E-state index in [2.05, 4.69) is 29.2 Å². The molecule has 5 atom stereocenters. The van der Waals surface area contributed by atoms with Gasteiger partial charge in [0.05, 0.1) is 23.1 Å². The molecular formula is C27H26N2O4. The molecule has 0 saturated carbocycles. The van der Waals surface area contributed by atoms with Gasteiger partial charge in [0.2, 0.25) is 0 Å². The fourth-order valence-electron chi connectivity index (χ4n) is 6.48. The fraction of sp³-hybridized carbons (Fsp3) is 0.370. The highest BCUT2D eigenvalue weighted by Crippen LogP contribution is 2.59. The average Bonchev–Trinajstić information content (AvgIpc) is 3.49. The zero-order chi connectivity index (χ0) is 22.7. The van der Waals surface area contributed by atoms with Crippen LogP contribution in [0, 0.1) is 22.0 Å². The van der Waals surface area contributed by atoms with Crippen molar-refractivity contribution in [3.05, 3.63) is 93.1 Å². The molecule has 2 aliphatic carbocycles. The third-order valence-electron chi connectivity index (χ3n) is 7.81. The molecule has 0 spiro atoms. The number of nitrogens with zero attached hydrogens (tertiary/aromatic N) is 2. The zero-order valence-corrected chi connectivity index (χ0v) is 18.5. The summed E-state index contributed by atoms with van der Waals surface area (Å²) in [6.07, 6.45) is 11.1. The van der Waals surface area contributed by atoms with Crippen LogP contribution in [0.15, 0.2) is 60.7 Å². The van der Waals surface area contributed by atoms with Crippen molar-refractivity contribution >= 4 is 17.3 Å². The Balaban J connectivity index is 1.52. The lowest BCUT2D eigenvalue weighted by atomic mass is 9.70. The Morgan fingerprint density at radius 2 is 1.79 bits per heavy atom. The van der Waals surface area contributed by atoms with Gasteiger partial charge in [0.25, 0.3) is 5.69 Å². The lowest BCUT2D eigenvalue weighted by Gasteiger charge is -2.51. The van der Waals surface area contributed by atoms with Crippen LogP contribution in [0.2, 0.25) is 0 Å². The number of esters is 1. The number of carbonyl (C=O) groups excluding carboxylic acids is 1. The second-order valence-corrected chi connectivity index (χ2v) is 9.47. The highest BCUT2D eigenvalue weighted by Gasteiger charge is 2.48. The van der Waals surface area contributed by atoms with E-state index in [0.29, 0.717) is 29.9 Å². The maximum atomic E-state index is 12.7. The molecule has 2 aromatic carbocycles. The van der Waals surface area contributed by atoms with E-state index < -0.39 is 0 Å². The largest absolute Gasteiger partial charge is 0.462 e. The Hall–Kier alpha value is -3.41. The summed E-state index contributed by atoms with van der Waals surface area (Å²) < 4.78 is 5.36. The monoisotopic (exact) mass is 442 g/mol. The summed E-state index contributed by atoms with van der Waals surface area (Å²) in [4.78, 5) is 26.1. The van der Waals surface area contributed by atoms with Gasteiger partial charge < -0.3 is 9.64 Å². The molecule has 2 aliphatic heterocycles. The highest BCUT2D eigenvalue weighted by atomic mass is 16.6. The Morgan fingerprint density at radius 3 is 2.52 bits per heavy atom. The lowest BCUT2D eigenvalue weighted by Crippen LogP contribution is -2.46. The number of hydrogen-bond acceptors (Lipinski definition) is 5.